The van der Waals surface area contributed by atoms with Crippen molar-refractivity contribution >= 4 is 0 Å². The second kappa shape index (κ2) is 3.34. The van der Waals surface area contributed by atoms with Crippen molar-refractivity contribution in [2.75, 3.05) is 6.61 Å². The Morgan fingerprint density at radius 1 is 1.33 bits per heavy atom. The molecule has 1 fully saturated rings. The molecule has 0 radical (unpaired) electrons. The summed E-state index contributed by atoms with van der Waals surface area (Å²) in [5.41, 5.74) is 4.42. The molecule has 0 saturated heterocycles. The number of hydrogen-bond acceptors (Lipinski definition) is 1. The molecule has 1 aliphatic carbocycles. The second-order valence-corrected chi connectivity index (χ2v) is 5.16. The summed E-state index contributed by atoms with van der Waals surface area (Å²) in [5.74, 6) is 2.39. The number of fused-ring (bicyclic) bond motifs is 3. The molecule has 1 saturated carbocycles. The number of hydrogen-bond donors (Lipinski definition) is 0. The van der Waals surface area contributed by atoms with E-state index in [-0.39, 0.29) is 0 Å². The van der Waals surface area contributed by atoms with Gasteiger partial charge < -0.3 is 4.74 Å². The Morgan fingerprint density at radius 3 is 3.00 bits per heavy atom. The maximum Gasteiger partial charge on any atom is 0.0722 e. The van der Waals surface area contributed by atoms with Gasteiger partial charge in [-0.25, -0.2) is 0 Å². The van der Waals surface area contributed by atoms with Crippen LogP contribution >= 0.6 is 0 Å². The number of aryl methyl sites for hydroxylation is 1. The maximum atomic E-state index is 5.78. The SMILES string of the molecule is Cc1cccc2c1COCC1CC(C)C21. The molecule has 80 valence electrons. The van der Waals surface area contributed by atoms with Crippen molar-refractivity contribution in [1.29, 1.82) is 0 Å². The minimum Gasteiger partial charge on any atom is -0.376 e. The van der Waals surface area contributed by atoms with Crippen LogP contribution in [0.3, 0.4) is 0 Å². The monoisotopic (exact) mass is 202 g/mol. The van der Waals surface area contributed by atoms with Crippen LogP contribution in [-0.2, 0) is 11.3 Å². The van der Waals surface area contributed by atoms with E-state index in [1.807, 2.05) is 0 Å². The Morgan fingerprint density at radius 2 is 2.20 bits per heavy atom. The molecule has 15 heavy (non-hydrogen) atoms. The van der Waals surface area contributed by atoms with Gasteiger partial charge in [0, 0.05) is 0 Å². The van der Waals surface area contributed by atoms with E-state index in [4.69, 9.17) is 4.74 Å². The third-order valence-electron chi connectivity index (χ3n) is 4.18. The zero-order valence-corrected chi connectivity index (χ0v) is 9.49. The molecule has 0 N–H and O–H groups in total. The third kappa shape index (κ3) is 1.33. The van der Waals surface area contributed by atoms with Gasteiger partial charge >= 0.3 is 0 Å². The molecule has 1 nitrogen and oxygen atoms in total. The fraction of sp³-hybridized carbons (Fsp3) is 0.571. The lowest BCUT2D eigenvalue weighted by Gasteiger charge is -2.42. The Bertz CT molecular complexity index is 383. The molecule has 1 aromatic rings. The molecular formula is C14H18O. The summed E-state index contributed by atoms with van der Waals surface area (Å²) in [6.45, 7) is 6.36. The normalized spacial score (nSPS) is 33.6. The third-order valence-corrected chi connectivity index (χ3v) is 4.18. The number of rotatable bonds is 0. The second-order valence-electron chi connectivity index (χ2n) is 5.16. The summed E-state index contributed by atoms with van der Waals surface area (Å²) < 4.78 is 5.78. The van der Waals surface area contributed by atoms with E-state index in [1.54, 1.807) is 5.56 Å². The molecule has 0 amide bonds. The van der Waals surface area contributed by atoms with Gasteiger partial charge in [0.05, 0.1) is 13.2 Å². The summed E-state index contributed by atoms with van der Waals surface area (Å²) in [6, 6.07) is 6.71. The lowest BCUT2D eigenvalue weighted by Crippen LogP contribution is -2.34. The lowest BCUT2D eigenvalue weighted by molar-refractivity contribution is 0.0342. The molecule has 0 bridgehead atoms. The van der Waals surface area contributed by atoms with Gasteiger partial charge in [0.25, 0.3) is 0 Å². The predicted octanol–water partition coefficient (Wildman–Crippen LogP) is 3.26. The van der Waals surface area contributed by atoms with Gasteiger partial charge in [-0.1, -0.05) is 25.1 Å². The predicted molar refractivity (Wildman–Crippen MR) is 60.8 cm³/mol. The van der Waals surface area contributed by atoms with Crippen LogP contribution in [0.1, 0.15) is 36.0 Å². The Kier molecular flexibility index (Phi) is 2.10. The van der Waals surface area contributed by atoms with E-state index in [0.29, 0.717) is 0 Å². The minimum atomic E-state index is 0.766. The number of ether oxygens (including phenoxy) is 1. The maximum absolute atomic E-state index is 5.78. The highest BCUT2D eigenvalue weighted by Crippen LogP contribution is 2.50. The highest BCUT2D eigenvalue weighted by Gasteiger charge is 2.41. The van der Waals surface area contributed by atoms with Gasteiger partial charge in [-0.15, -0.1) is 0 Å². The van der Waals surface area contributed by atoms with Crippen molar-refractivity contribution in [1.82, 2.24) is 0 Å². The van der Waals surface area contributed by atoms with Gasteiger partial charge in [-0.3, -0.25) is 0 Å². The number of benzene rings is 1. The summed E-state index contributed by atoms with van der Waals surface area (Å²) in [4.78, 5) is 0. The van der Waals surface area contributed by atoms with Crippen LogP contribution in [0.5, 0.6) is 0 Å². The average Bonchev–Trinajstić information content (AvgIpc) is 2.34. The highest BCUT2D eigenvalue weighted by molar-refractivity contribution is 5.39. The van der Waals surface area contributed by atoms with Crippen LogP contribution in [0.25, 0.3) is 0 Å². The summed E-state index contributed by atoms with van der Waals surface area (Å²) >= 11 is 0. The zero-order valence-electron chi connectivity index (χ0n) is 9.49. The van der Waals surface area contributed by atoms with E-state index in [2.05, 4.69) is 32.0 Å². The first-order valence-electron chi connectivity index (χ1n) is 5.93. The zero-order chi connectivity index (χ0) is 10.4. The first-order chi connectivity index (χ1) is 7.27. The Hall–Kier alpha value is -0.820. The summed E-state index contributed by atoms with van der Waals surface area (Å²) in [5, 5.41) is 0. The smallest absolute Gasteiger partial charge is 0.0722 e. The molecule has 2 aliphatic rings. The molecular weight excluding hydrogens is 184 g/mol. The van der Waals surface area contributed by atoms with Crippen molar-refractivity contribution in [2.45, 2.75) is 32.8 Å². The van der Waals surface area contributed by atoms with Crippen molar-refractivity contribution in [3.63, 3.8) is 0 Å². The Balaban J connectivity index is 2.08. The molecule has 1 aromatic carbocycles. The molecule has 0 spiro atoms. The standard InChI is InChI=1S/C14H18O/c1-9-4-3-5-12-13(9)8-15-7-11-6-10(2)14(11)12/h3-5,10-11,14H,6-8H2,1-2H3. The van der Waals surface area contributed by atoms with Gasteiger partial charge in [0.2, 0.25) is 0 Å². The molecule has 1 aliphatic heterocycles. The van der Waals surface area contributed by atoms with E-state index in [9.17, 15) is 0 Å². The Labute approximate surface area is 91.5 Å². The van der Waals surface area contributed by atoms with Crippen LogP contribution in [0, 0.1) is 18.8 Å². The topological polar surface area (TPSA) is 9.23 Å². The van der Waals surface area contributed by atoms with E-state index in [0.717, 1.165) is 31.0 Å². The minimum absolute atomic E-state index is 0.766. The first kappa shape index (κ1) is 9.41. The highest BCUT2D eigenvalue weighted by atomic mass is 16.5. The van der Waals surface area contributed by atoms with Crippen LogP contribution in [-0.4, -0.2) is 6.61 Å². The fourth-order valence-corrected chi connectivity index (χ4v) is 3.32. The van der Waals surface area contributed by atoms with E-state index < -0.39 is 0 Å². The van der Waals surface area contributed by atoms with Crippen molar-refractivity contribution in [2.24, 2.45) is 11.8 Å². The van der Waals surface area contributed by atoms with E-state index in [1.165, 1.54) is 17.5 Å². The quantitative estimate of drug-likeness (QED) is 0.627. The largest absolute Gasteiger partial charge is 0.376 e. The van der Waals surface area contributed by atoms with Crippen molar-refractivity contribution in [3.8, 4) is 0 Å². The lowest BCUT2D eigenvalue weighted by atomic mass is 9.62. The first-order valence-corrected chi connectivity index (χ1v) is 5.93. The van der Waals surface area contributed by atoms with Crippen LogP contribution in [0.4, 0.5) is 0 Å². The molecule has 1 heterocycles. The van der Waals surface area contributed by atoms with Crippen molar-refractivity contribution < 1.29 is 4.74 Å². The molecule has 3 rings (SSSR count). The van der Waals surface area contributed by atoms with E-state index >= 15 is 0 Å². The van der Waals surface area contributed by atoms with Crippen LogP contribution in [0.15, 0.2) is 18.2 Å². The molecule has 1 heteroatoms. The average molecular weight is 202 g/mol. The summed E-state index contributed by atoms with van der Waals surface area (Å²) in [6.07, 6.45) is 1.35. The fourth-order valence-electron chi connectivity index (χ4n) is 3.32. The van der Waals surface area contributed by atoms with Gasteiger partial charge in [0.15, 0.2) is 0 Å². The van der Waals surface area contributed by atoms with Gasteiger partial charge in [-0.05, 0) is 47.8 Å². The molecule has 3 atom stereocenters. The van der Waals surface area contributed by atoms with Crippen LogP contribution < -0.4 is 0 Å². The van der Waals surface area contributed by atoms with Gasteiger partial charge in [0.1, 0.15) is 0 Å². The molecule has 3 unspecified atom stereocenters. The summed E-state index contributed by atoms with van der Waals surface area (Å²) in [7, 11) is 0. The molecule has 0 aromatic heterocycles. The van der Waals surface area contributed by atoms with Crippen molar-refractivity contribution in [3.05, 3.63) is 34.9 Å². The van der Waals surface area contributed by atoms with Crippen LogP contribution in [0.2, 0.25) is 0 Å². The van der Waals surface area contributed by atoms with Gasteiger partial charge in [-0.2, -0.15) is 0 Å².